The van der Waals surface area contributed by atoms with Crippen molar-refractivity contribution in [2.45, 2.75) is 40.0 Å². The molecular formula is C15H21N5OS. The lowest BCUT2D eigenvalue weighted by molar-refractivity contribution is -0.120. The summed E-state index contributed by atoms with van der Waals surface area (Å²) in [4.78, 5) is 24.8. The van der Waals surface area contributed by atoms with E-state index in [2.05, 4.69) is 32.5 Å². The summed E-state index contributed by atoms with van der Waals surface area (Å²) >= 11 is 1.44. The number of nitrogens with zero attached hydrogens (tertiary/aromatic N) is 3. The first-order valence-corrected chi connectivity index (χ1v) is 8.25. The number of nitrogens with one attached hydrogen (secondary N) is 2. The van der Waals surface area contributed by atoms with E-state index in [-0.39, 0.29) is 5.91 Å². The summed E-state index contributed by atoms with van der Waals surface area (Å²) in [6.45, 7) is 6.67. The van der Waals surface area contributed by atoms with Gasteiger partial charge in [0.25, 0.3) is 0 Å². The zero-order valence-corrected chi connectivity index (χ0v) is 14.0. The monoisotopic (exact) mass is 319 g/mol. The van der Waals surface area contributed by atoms with Crippen molar-refractivity contribution in [2.24, 2.45) is 0 Å². The van der Waals surface area contributed by atoms with Crippen molar-refractivity contribution in [3.05, 3.63) is 28.5 Å². The summed E-state index contributed by atoms with van der Waals surface area (Å²) in [5, 5.41) is 8.55. The van der Waals surface area contributed by atoms with Crippen LogP contribution in [0.3, 0.4) is 0 Å². The largest absolute Gasteiger partial charge is 0.356 e. The molecule has 22 heavy (non-hydrogen) atoms. The lowest BCUT2D eigenvalue weighted by Gasteiger charge is -2.03. The van der Waals surface area contributed by atoms with Crippen molar-refractivity contribution in [1.82, 2.24) is 20.3 Å². The van der Waals surface area contributed by atoms with Crippen LogP contribution in [0.15, 0.2) is 11.4 Å². The molecule has 0 unspecified atom stereocenters. The second kappa shape index (κ2) is 7.84. The molecule has 2 rings (SSSR count). The number of carbonyl (C=O) groups is 1. The molecule has 7 heteroatoms. The predicted molar refractivity (Wildman–Crippen MR) is 88.5 cm³/mol. The van der Waals surface area contributed by atoms with Crippen molar-refractivity contribution in [2.75, 3.05) is 11.9 Å². The number of unbranched alkanes of at least 4 members (excludes halogenated alkanes) is 1. The van der Waals surface area contributed by atoms with E-state index in [9.17, 15) is 4.79 Å². The Bertz CT molecular complexity index is 620. The van der Waals surface area contributed by atoms with Crippen LogP contribution in [0.25, 0.3) is 0 Å². The fourth-order valence-corrected chi connectivity index (χ4v) is 2.66. The zero-order valence-electron chi connectivity index (χ0n) is 13.1. The lowest BCUT2D eigenvalue weighted by Crippen LogP contribution is -2.26. The topological polar surface area (TPSA) is 79.8 Å². The molecule has 6 nitrogen and oxygen atoms in total. The van der Waals surface area contributed by atoms with Crippen LogP contribution in [0.1, 0.15) is 36.8 Å². The molecule has 2 aromatic rings. The Balaban J connectivity index is 1.92. The average molecular weight is 319 g/mol. The third-order valence-corrected chi connectivity index (χ3v) is 3.75. The van der Waals surface area contributed by atoms with Crippen LogP contribution in [-0.4, -0.2) is 27.4 Å². The van der Waals surface area contributed by atoms with Crippen molar-refractivity contribution < 1.29 is 4.79 Å². The zero-order chi connectivity index (χ0) is 15.9. The highest BCUT2D eigenvalue weighted by Gasteiger charge is 2.08. The van der Waals surface area contributed by atoms with Crippen LogP contribution < -0.4 is 10.6 Å². The van der Waals surface area contributed by atoms with Crippen molar-refractivity contribution in [3.8, 4) is 0 Å². The van der Waals surface area contributed by atoms with Gasteiger partial charge in [0.05, 0.1) is 12.1 Å². The molecule has 0 bridgehead atoms. The molecule has 0 aliphatic rings. The Kier molecular flexibility index (Phi) is 5.83. The molecule has 0 aliphatic carbocycles. The van der Waals surface area contributed by atoms with Crippen LogP contribution in [0.2, 0.25) is 0 Å². The lowest BCUT2D eigenvalue weighted by atomic mass is 10.3. The first-order valence-electron chi connectivity index (χ1n) is 7.37. The Morgan fingerprint density at radius 1 is 1.23 bits per heavy atom. The molecule has 2 N–H and O–H groups in total. The number of carbonyl (C=O) groups excluding carboxylic acids is 1. The minimum absolute atomic E-state index is 0.00736. The van der Waals surface area contributed by atoms with Crippen LogP contribution in [0, 0.1) is 13.8 Å². The standard InChI is InChI=1S/C15H21N5OS/c1-4-5-6-16-13(21)8-12-9-22-15(19-12)20-14-17-10(2)7-11(3)18-14/h7,9H,4-6,8H2,1-3H3,(H,16,21)(H,17,18,19,20). The molecule has 0 spiro atoms. The molecule has 1 amide bonds. The summed E-state index contributed by atoms with van der Waals surface area (Å²) in [5.74, 6) is 0.541. The van der Waals surface area contributed by atoms with E-state index in [1.54, 1.807) is 0 Å². The van der Waals surface area contributed by atoms with E-state index in [0.717, 1.165) is 36.5 Å². The SMILES string of the molecule is CCCCNC(=O)Cc1csc(Nc2nc(C)cc(C)n2)n1. The van der Waals surface area contributed by atoms with Gasteiger partial charge in [0.1, 0.15) is 0 Å². The summed E-state index contributed by atoms with van der Waals surface area (Å²) in [6.07, 6.45) is 2.37. The van der Waals surface area contributed by atoms with E-state index < -0.39 is 0 Å². The fraction of sp³-hybridized carbons (Fsp3) is 0.467. The molecule has 0 aliphatic heterocycles. The number of hydrogen-bond acceptors (Lipinski definition) is 6. The average Bonchev–Trinajstić information content (AvgIpc) is 2.85. The molecular weight excluding hydrogens is 298 g/mol. The summed E-state index contributed by atoms with van der Waals surface area (Å²) in [6, 6.07) is 1.92. The number of hydrogen-bond donors (Lipinski definition) is 2. The molecule has 2 heterocycles. The molecule has 0 saturated heterocycles. The van der Waals surface area contributed by atoms with Gasteiger partial charge >= 0.3 is 0 Å². The third kappa shape index (κ3) is 5.07. The summed E-state index contributed by atoms with van der Waals surface area (Å²) < 4.78 is 0. The van der Waals surface area contributed by atoms with Gasteiger partial charge in [-0.05, 0) is 26.3 Å². The van der Waals surface area contributed by atoms with Gasteiger partial charge in [-0.3, -0.25) is 4.79 Å². The maximum Gasteiger partial charge on any atom is 0.229 e. The van der Waals surface area contributed by atoms with E-state index in [1.807, 2.05) is 25.3 Å². The Morgan fingerprint density at radius 3 is 2.64 bits per heavy atom. The van der Waals surface area contributed by atoms with Gasteiger partial charge < -0.3 is 10.6 Å². The molecule has 0 fully saturated rings. The van der Waals surface area contributed by atoms with Crippen LogP contribution >= 0.6 is 11.3 Å². The van der Waals surface area contributed by atoms with Gasteiger partial charge in [0, 0.05) is 23.3 Å². The summed E-state index contributed by atoms with van der Waals surface area (Å²) in [7, 11) is 0. The number of thiazole rings is 1. The van der Waals surface area contributed by atoms with E-state index in [4.69, 9.17) is 0 Å². The molecule has 2 aromatic heterocycles. The summed E-state index contributed by atoms with van der Waals surface area (Å²) in [5.41, 5.74) is 2.56. The van der Waals surface area contributed by atoms with Crippen LogP contribution in [-0.2, 0) is 11.2 Å². The quantitative estimate of drug-likeness (QED) is 0.767. The van der Waals surface area contributed by atoms with Gasteiger partial charge in [0.15, 0.2) is 5.13 Å². The smallest absolute Gasteiger partial charge is 0.229 e. The van der Waals surface area contributed by atoms with Gasteiger partial charge in [-0.15, -0.1) is 11.3 Å². The Labute approximate surface area is 134 Å². The minimum atomic E-state index is 0.00736. The Hall–Kier alpha value is -2.02. The molecule has 0 saturated carbocycles. The third-order valence-electron chi connectivity index (χ3n) is 2.95. The maximum atomic E-state index is 11.8. The number of amides is 1. The van der Waals surface area contributed by atoms with E-state index in [0.29, 0.717) is 17.5 Å². The molecule has 0 atom stereocenters. The van der Waals surface area contributed by atoms with Crippen LogP contribution in [0.5, 0.6) is 0 Å². The first kappa shape index (κ1) is 16.4. The highest BCUT2D eigenvalue weighted by atomic mass is 32.1. The number of aryl methyl sites for hydroxylation is 2. The second-order valence-electron chi connectivity index (χ2n) is 5.12. The first-order chi connectivity index (χ1) is 10.6. The van der Waals surface area contributed by atoms with Gasteiger partial charge in [-0.1, -0.05) is 13.3 Å². The molecule has 0 aromatic carbocycles. The minimum Gasteiger partial charge on any atom is -0.356 e. The van der Waals surface area contributed by atoms with Gasteiger partial charge in [0.2, 0.25) is 11.9 Å². The predicted octanol–water partition coefficient (Wildman–Crippen LogP) is 2.75. The molecule has 0 radical (unpaired) electrons. The fourth-order valence-electron chi connectivity index (χ4n) is 1.95. The Morgan fingerprint density at radius 2 is 1.95 bits per heavy atom. The van der Waals surface area contributed by atoms with Crippen molar-refractivity contribution >= 4 is 28.3 Å². The van der Waals surface area contributed by atoms with Gasteiger partial charge in [-0.25, -0.2) is 15.0 Å². The normalized spacial score (nSPS) is 10.5. The maximum absolute atomic E-state index is 11.8. The van der Waals surface area contributed by atoms with E-state index in [1.165, 1.54) is 11.3 Å². The highest BCUT2D eigenvalue weighted by molar-refractivity contribution is 7.13. The van der Waals surface area contributed by atoms with Crippen molar-refractivity contribution in [1.29, 1.82) is 0 Å². The van der Waals surface area contributed by atoms with Gasteiger partial charge in [-0.2, -0.15) is 0 Å². The second-order valence-corrected chi connectivity index (χ2v) is 5.98. The number of anilines is 2. The highest BCUT2D eigenvalue weighted by Crippen LogP contribution is 2.19. The van der Waals surface area contributed by atoms with Crippen molar-refractivity contribution in [3.63, 3.8) is 0 Å². The molecule has 118 valence electrons. The van der Waals surface area contributed by atoms with Crippen LogP contribution in [0.4, 0.5) is 11.1 Å². The van der Waals surface area contributed by atoms with E-state index >= 15 is 0 Å². The number of rotatable bonds is 7. The number of aromatic nitrogens is 3.